The van der Waals surface area contributed by atoms with E-state index in [0.29, 0.717) is 17.5 Å². The fourth-order valence-corrected chi connectivity index (χ4v) is 6.03. The molecular weight excluding hydrogens is 444 g/mol. The fraction of sp³-hybridized carbons (Fsp3) is 0.458. The van der Waals surface area contributed by atoms with E-state index in [1.165, 1.54) is 25.1 Å². The first-order valence-electron chi connectivity index (χ1n) is 10.9. The van der Waals surface area contributed by atoms with Crippen LogP contribution in [0.3, 0.4) is 0 Å². The molecule has 0 heterocycles. The maximum atomic E-state index is 13.7. The van der Waals surface area contributed by atoms with Crippen molar-refractivity contribution >= 4 is 34.6 Å². The lowest BCUT2D eigenvalue weighted by Crippen LogP contribution is -2.77. The van der Waals surface area contributed by atoms with Crippen molar-refractivity contribution in [1.82, 2.24) is 4.90 Å². The minimum Gasteiger partial charge on any atom is -0.507 e. The zero-order valence-electron chi connectivity index (χ0n) is 18.9. The summed E-state index contributed by atoms with van der Waals surface area (Å²) in [5.41, 5.74) is 3.21. The molecule has 3 aliphatic rings. The number of benzene rings is 1. The van der Waals surface area contributed by atoms with Crippen LogP contribution in [-0.4, -0.2) is 81.1 Å². The summed E-state index contributed by atoms with van der Waals surface area (Å²) in [5, 5.41) is 33.4. The molecule has 2 fully saturated rings. The summed E-state index contributed by atoms with van der Waals surface area (Å²) in [5.74, 6) is -13.0. The van der Waals surface area contributed by atoms with Crippen LogP contribution in [-0.2, 0) is 25.6 Å². The monoisotopic (exact) mass is 470 g/mol. The van der Waals surface area contributed by atoms with E-state index in [4.69, 9.17) is 5.73 Å². The number of rotatable bonds is 3. The van der Waals surface area contributed by atoms with Gasteiger partial charge in [0.15, 0.2) is 34.7 Å². The Balaban J connectivity index is 1.99. The summed E-state index contributed by atoms with van der Waals surface area (Å²) < 4.78 is 0. The molecule has 1 aromatic carbocycles. The third kappa shape index (κ3) is 2.76. The number of carbonyl (C=O) groups excluding carboxylic acids is 5. The van der Waals surface area contributed by atoms with Crippen molar-refractivity contribution in [2.24, 2.45) is 29.4 Å². The first-order valence-corrected chi connectivity index (χ1v) is 10.9. The number of aromatic hydroxyl groups is 1. The lowest BCUT2D eigenvalue weighted by Gasteiger charge is -2.55. The minimum atomic E-state index is -3.02. The second-order valence-corrected chi connectivity index (χ2v) is 9.40. The molecule has 0 radical (unpaired) electrons. The van der Waals surface area contributed by atoms with Gasteiger partial charge in [0.1, 0.15) is 5.75 Å². The highest BCUT2D eigenvalue weighted by atomic mass is 16.3. The van der Waals surface area contributed by atoms with Crippen LogP contribution >= 0.6 is 0 Å². The molecule has 0 aliphatic heterocycles. The normalized spacial score (nSPS) is 35.2. The third-order valence-corrected chi connectivity index (χ3v) is 7.53. The van der Waals surface area contributed by atoms with Gasteiger partial charge in [-0.25, -0.2) is 0 Å². The fourth-order valence-electron chi connectivity index (χ4n) is 6.03. The van der Waals surface area contributed by atoms with Crippen molar-refractivity contribution in [3.8, 4) is 5.75 Å². The Morgan fingerprint density at radius 3 is 2.29 bits per heavy atom. The summed E-state index contributed by atoms with van der Waals surface area (Å²) in [6.45, 7) is 5.83. The van der Waals surface area contributed by atoms with E-state index in [9.17, 15) is 39.3 Å². The van der Waals surface area contributed by atoms with Gasteiger partial charge in [0, 0.05) is 5.92 Å². The number of phenolic OH excluding ortho intramolecular Hbond substituents is 1. The minimum absolute atomic E-state index is 0.178. The standard InChI is InChI=1S/C24H26N2O8/c1-5-9-6-7-10(27)13-11(9)8(2)12-14(18(13)28)21(31)24(34)16(19(12)29)17(26(3)4)20(30)15(22(24)32)23(25)33/h6-7,12,14-17,19,27,29,34H,2,5H2,1,3-4H3,(H2,25,33)/t12-,14?,15?,16-,17+,19+,24+/m0/s1. The zero-order valence-corrected chi connectivity index (χ0v) is 18.9. The average Bonchev–Trinajstić information content (AvgIpc) is 2.75. The van der Waals surface area contributed by atoms with Crippen LogP contribution in [0, 0.1) is 23.7 Å². The smallest absolute Gasteiger partial charge is 0.235 e. The SMILES string of the molecule is C=C1c2c(CC)ccc(O)c2C(=O)C2C(=O)[C@@]3(O)C(=O)C(C(N)=O)C(=O)[C@H](N(C)C)[C@H]3[C@H](O)[C@@H]12. The Labute approximate surface area is 195 Å². The van der Waals surface area contributed by atoms with Gasteiger partial charge in [0.05, 0.1) is 29.5 Å². The first-order chi connectivity index (χ1) is 15.8. The van der Waals surface area contributed by atoms with Gasteiger partial charge < -0.3 is 21.1 Å². The molecule has 0 saturated heterocycles. The third-order valence-electron chi connectivity index (χ3n) is 7.53. The summed E-state index contributed by atoms with van der Waals surface area (Å²) in [6.07, 6.45) is -1.26. The molecular formula is C24H26N2O8. The van der Waals surface area contributed by atoms with Gasteiger partial charge in [0.2, 0.25) is 5.91 Å². The van der Waals surface area contributed by atoms with Crippen molar-refractivity contribution in [2.75, 3.05) is 14.1 Å². The van der Waals surface area contributed by atoms with E-state index in [1.54, 1.807) is 6.07 Å². The Kier molecular flexibility index (Phi) is 5.39. The number of nitrogens with two attached hydrogens (primary N) is 1. The highest BCUT2D eigenvalue weighted by Gasteiger charge is 2.72. The van der Waals surface area contributed by atoms with Crippen LogP contribution in [0.4, 0.5) is 0 Å². The predicted octanol–water partition coefficient (Wildman–Crippen LogP) is -1.13. The maximum absolute atomic E-state index is 13.7. The molecule has 180 valence electrons. The molecule has 0 spiro atoms. The van der Waals surface area contributed by atoms with Crippen molar-refractivity contribution in [1.29, 1.82) is 0 Å². The lowest BCUT2D eigenvalue weighted by atomic mass is 9.50. The molecule has 5 N–H and O–H groups in total. The summed E-state index contributed by atoms with van der Waals surface area (Å²) >= 11 is 0. The Bertz CT molecular complexity index is 1190. The van der Waals surface area contributed by atoms with Gasteiger partial charge in [0.25, 0.3) is 0 Å². The first kappa shape index (κ1) is 23.9. The van der Waals surface area contributed by atoms with Crippen LogP contribution < -0.4 is 5.73 Å². The van der Waals surface area contributed by atoms with Gasteiger partial charge in [-0.1, -0.05) is 19.6 Å². The van der Waals surface area contributed by atoms with Gasteiger partial charge in [-0.15, -0.1) is 0 Å². The molecule has 2 unspecified atom stereocenters. The van der Waals surface area contributed by atoms with E-state index >= 15 is 0 Å². The number of nitrogens with zero attached hydrogens (tertiary/aromatic N) is 1. The topological polar surface area (TPSA) is 175 Å². The predicted molar refractivity (Wildman–Crippen MR) is 117 cm³/mol. The van der Waals surface area contributed by atoms with Crippen LogP contribution in [0.25, 0.3) is 5.57 Å². The Hall–Kier alpha value is -3.21. The van der Waals surface area contributed by atoms with Gasteiger partial charge in [-0.2, -0.15) is 0 Å². The number of amides is 1. The molecule has 0 aromatic heterocycles. The summed E-state index contributed by atoms with van der Waals surface area (Å²) in [4.78, 5) is 66.9. The van der Waals surface area contributed by atoms with Crippen LogP contribution in [0.15, 0.2) is 18.7 Å². The molecule has 10 heteroatoms. The number of aliphatic hydroxyl groups is 2. The van der Waals surface area contributed by atoms with Gasteiger partial charge in [-0.3, -0.25) is 28.9 Å². The highest BCUT2D eigenvalue weighted by molar-refractivity contribution is 6.33. The molecule has 10 nitrogen and oxygen atoms in total. The number of aliphatic hydroxyl groups excluding tert-OH is 1. The average molecular weight is 470 g/mol. The Morgan fingerprint density at radius 1 is 1.15 bits per heavy atom. The maximum Gasteiger partial charge on any atom is 0.235 e. The quantitative estimate of drug-likeness (QED) is 0.398. The highest BCUT2D eigenvalue weighted by Crippen LogP contribution is 2.54. The van der Waals surface area contributed by atoms with E-state index in [1.807, 2.05) is 6.92 Å². The van der Waals surface area contributed by atoms with Gasteiger partial charge >= 0.3 is 0 Å². The van der Waals surface area contributed by atoms with Crippen LogP contribution in [0.2, 0.25) is 0 Å². The molecule has 34 heavy (non-hydrogen) atoms. The summed E-state index contributed by atoms with van der Waals surface area (Å²) in [7, 11) is 2.87. The van der Waals surface area contributed by atoms with Crippen molar-refractivity contribution in [3.05, 3.63) is 35.4 Å². The molecule has 1 aromatic rings. The number of carbonyl (C=O) groups is 5. The molecule has 7 atom stereocenters. The van der Waals surface area contributed by atoms with Crippen molar-refractivity contribution in [3.63, 3.8) is 0 Å². The number of phenols is 1. The van der Waals surface area contributed by atoms with E-state index in [0.717, 1.165) is 0 Å². The lowest BCUT2D eigenvalue weighted by molar-refractivity contribution is -0.192. The Morgan fingerprint density at radius 2 is 1.76 bits per heavy atom. The second-order valence-electron chi connectivity index (χ2n) is 9.40. The number of likely N-dealkylation sites (N-methyl/N-ethyl adjacent to an activating group) is 1. The van der Waals surface area contributed by atoms with Crippen LogP contribution in [0.5, 0.6) is 5.75 Å². The summed E-state index contributed by atoms with van der Waals surface area (Å²) in [6, 6.07) is 1.49. The molecule has 3 aliphatic carbocycles. The number of ketones is 4. The number of hydrogen-bond donors (Lipinski definition) is 4. The molecule has 0 bridgehead atoms. The van der Waals surface area contributed by atoms with Crippen molar-refractivity contribution < 1.29 is 39.3 Å². The molecule has 2 saturated carbocycles. The van der Waals surface area contributed by atoms with Gasteiger partial charge in [-0.05, 0) is 43.3 Å². The van der Waals surface area contributed by atoms with Crippen molar-refractivity contribution in [2.45, 2.75) is 31.1 Å². The number of primary amides is 1. The zero-order chi connectivity index (χ0) is 25.4. The number of hydrogen-bond acceptors (Lipinski definition) is 9. The number of aryl methyl sites for hydroxylation is 1. The number of fused-ring (bicyclic) bond motifs is 3. The molecule has 4 rings (SSSR count). The second kappa shape index (κ2) is 7.66. The van der Waals surface area contributed by atoms with Crippen LogP contribution in [0.1, 0.15) is 28.4 Å². The molecule has 1 amide bonds. The van der Waals surface area contributed by atoms with E-state index in [-0.39, 0.29) is 11.1 Å². The number of Topliss-reactive ketones (excluding diaryl/α,β-unsaturated/α-hetero) is 4. The largest absolute Gasteiger partial charge is 0.507 e. The van der Waals surface area contributed by atoms with E-state index < -0.39 is 76.2 Å². The van der Waals surface area contributed by atoms with E-state index in [2.05, 4.69) is 6.58 Å².